The van der Waals surface area contributed by atoms with Crippen molar-refractivity contribution in [3.63, 3.8) is 0 Å². The summed E-state index contributed by atoms with van der Waals surface area (Å²) in [6, 6.07) is 25.8. The maximum absolute atomic E-state index is 13.4. The van der Waals surface area contributed by atoms with Gasteiger partial charge in [0, 0.05) is 18.4 Å². The van der Waals surface area contributed by atoms with Crippen LogP contribution < -0.4 is 5.32 Å². The zero-order valence-corrected chi connectivity index (χ0v) is 25.2. The Morgan fingerprint density at radius 2 is 1.42 bits per heavy atom. The second-order valence-corrected chi connectivity index (χ2v) is 13.5. The first-order chi connectivity index (χ1) is 20.5. The van der Waals surface area contributed by atoms with Crippen molar-refractivity contribution in [3.05, 3.63) is 95.6 Å². The molecule has 4 aliphatic carbocycles. The molecule has 0 aliphatic heterocycles. The predicted octanol–water partition coefficient (Wildman–Crippen LogP) is 6.58. The van der Waals surface area contributed by atoms with Gasteiger partial charge in [-0.25, -0.2) is 9.59 Å². The highest BCUT2D eigenvalue weighted by Crippen LogP contribution is 2.75. The predicted molar refractivity (Wildman–Crippen MR) is 162 cm³/mol. The van der Waals surface area contributed by atoms with Crippen LogP contribution in [0.2, 0.25) is 0 Å². The number of alkyl carbamates (subject to hydrolysis) is 1. The molecule has 0 spiro atoms. The van der Waals surface area contributed by atoms with Gasteiger partial charge in [-0.3, -0.25) is 4.79 Å². The fourth-order valence-corrected chi connectivity index (χ4v) is 7.14. The standard InChI is InChI=1S/C36H39NO6/c1-23(37-33(40)41-19-29-27-16-10-8-14-25(27)26-15-9-11-17-28(26)29)35-20-36(21-35,22-35)32(39)42-30(31(38)43-34(2,3)4)18-24-12-6-5-7-13-24/h5-17,23,29-30H,18-22H2,1-4H3,(H,37,40)/t23-,30-,35?,36?/m0/s1. The summed E-state index contributed by atoms with van der Waals surface area (Å²) in [6.07, 6.45) is 0.601. The number of carbonyl (C=O) groups is 3. The lowest BCUT2D eigenvalue weighted by molar-refractivity contribution is -0.240. The summed E-state index contributed by atoms with van der Waals surface area (Å²) in [5, 5.41) is 3.02. The van der Waals surface area contributed by atoms with Crippen LogP contribution in [-0.4, -0.2) is 42.4 Å². The molecule has 0 aromatic heterocycles. The number of ether oxygens (including phenoxy) is 3. The number of carbonyl (C=O) groups excluding carboxylic acids is 3. The number of fused-ring (bicyclic) bond motifs is 3. The largest absolute Gasteiger partial charge is 0.457 e. The van der Waals surface area contributed by atoms with Crippen molar-refractivity contribution in [1.82, 2.24) is 5.32 Å². The summed E-state index contributed by atoms with van der Waals surface area (Å²) in [7, 11) is 0. The van der Waals surface area contributed by atoms with E-state index < -0.39 is 29.2 Å². The van der Waals surface area contributed by atoms with Gasteiger partial charge in [0.25, 0.3) is 0 Å². The molecule has 43 heavy (non-hydrogen) atoms. The van der Waals surface area contributed by atoms with E-state index in [2.05, 4.69) is 29.6 Å². The van der Waals surface area contributed by atoms with Crippen LogP contribution in [0.5, 0.6) is 0 Å². The normalized spacial score (nSPS) is 23.0. The Hall–Kier alpha value is -4.13. The van der Waals surface area contributed by atoms with E-state index in [1.54, 1.807) is 20.8 Å². The quantitative estimate of drug-likeness (QED) is 0.227. The summed E-state index contributed by atoms with van der Waals surface area (Å²) in [4.78, 5) is 39.2. The van der Waals surface area contributed by atoms with Gasteiger partial charge in [-0.15, -0.1) is 0 Å². The van der Waals surface area contributed by atoms with Crippen molar-refractivity contribution in [1.29, 1.82) is 0 Å². The molecular formula is C36H39NO6. The zero-order chi connectivity index (χ0) is 30.4. The van der Waals surface area contributed by atoms with Crippen molar-refractivity contribution in [2.24, 2.45) is 10.8 Å². The Morgan fingerprint density at radius 3 is 2.00 bits per heavy atom. The molecule has 0 saturated heterocycles. The van der Waals surface area contributed by atoms with Crippen molar-refractivity contribution in [3.8, 4) is 11.1 Å². The molecule has 1 amide bonds. The molecule has 0 heterocycles. The number of hydrogen-bond donors (Lipinski definition) is 1. The van der Waals surface area contributed by atoms with Gasteiger partial charge in [-0.2, -0.15) is 0 Å². The molecule has 0 radical (unpaired) electrons. The van der Waals surface area contributed by atoms with Gasteiger partial charge >= 0.3 is 18.0 Å². The average molecular weight is 582 g/mol. The molecule has 2 atom stereocenters. The molecule has 3 fully saturated rings. The lowest BCUT2D eigenvalue weighted by atomic mass is 9.33. The van der Waals surface area contributed by atoms with E-state index in [1.807, 2.05) is 61.5 Å². The van der Waals surface area contributed by atoms with Gasteiger partial charge < -0.3 is 19.5 Å². The van der Waals surface area contributed by atoms with Gasteiger partial charge in [-0.05, 0) is 80.2 Å². The van der Waals surface area contributed by atoms with E-state index in [0.29, 0.717) is 19.3 Å². The van der Waals surface area contributed by atoms with E-state index >= 15 is 0 Å². The van der Waals surface area contributed by atoms with Crippen LogP contribution in [0.1, 0.15) is 69.6 Å². The number of benzene rings is 3. The number of nitrogens with one attached hydrogen (secondary N) is 1. The first kappa shape index (κ1) is 29.0. The summed E-state index contributed by atoms with van der Waals surface area (Å²) < 4.78 is 17.2. The number of rotatable bonds is 9. The Labute approximate surface area is 252 Å². The van der Waals surface area contributed by atoms with Crippen molar-refractivity contribution in [2.75, 3.05) is 6.61 Å². The molecule has 3 aromatic carbocycles. The Bertz CT molecular complexity index is 1480. The molecule has 2 bridgehead atoms. The van der Waals surface area contributed by atoms with Gasteiger partial charge in [-0.1, -0.05) is 78.9 Å². The van der Waals surface area contributed by atoms with Crippen molar-refractivity contribution >= 4 is 18.0 Å². The molecule has 224 valence electrons. The van der Waals surface area contributed by atoms with E-state index in [1.165, 1.54) is 22.3 Å². The lowest BCUT2D eigenvalue weighted by Gasteiger charge is -2.70. The molecule has 1 N–H and O–H groups in total. The fraction of sp³-hybridized carbons (Fsp3) is 0.417. The van der Waals surface area contributed by atoms with E-state index in [9.17, 15) is 14.4 Å². The van der Waals surface area contributed by atoms with E-state index in [4.69, 9.17) is 14.2 Å². The van der Waals surface area contributed by atoms with Crippen LogP contribution in [0.3, 0.4) is 0 Å². The summed E-state index contributed by atoms with van der Waals surface area (Å²) in [5.74, 6) is -0.916. The average Bonchev–Trinajstić information content (AvgIpc) is 3.23. The van der Waals surface area contributed by atoms with Gasteiger partial charge in [0.2, 0.25) is 6.10 Å². The summed E-state index contributed by atoms with van der Waals surface area (Å²) in [5.41, 5.74) is 4.11. The van der Waals surface area contributed by atoms with Crippen LogP contribution in [0.4, 0.5) is 4.79 Å². The minimum atomic E-state index is -1.02. The second-order valence-electron chi connectivity index (χ2n) is 13.5. The van der Waals surface area contributed by atoms with Crippen molar-refractivity contribution < 1.29 is 28.6 Å². The third-order valence-corrected chi connectivity index (χ3v) is 9.28. The summed E-state index contributed by atoms with van der Waals surface area (Å²) >= 11 is 0. The minimum absolute atomic E-state index is 0.00440. The number of amides is 1. The Balaban J connectivity index is 1.03. The fourth-order valence-electron chi connectivity index (χ4n) is 7.14. The third-order valence-electron chi connectivity index (χ3n) is 9.28. The summed E-state index contributed by atoms with van der Waals surface area (Å²) in [6.45, 7) is 7.60. The highest BCUT2D eigenvalue weighted by Gasteiger charge is 2.74. The zero-order valence-electron chi connectivity index (χ0n) is 25.2. The molecule has 7 rings (SSSR count). The molecular weight excluding hydrogens is 542 g/mol. The first-order valence-electron chi connectivity index (χ1n) is 15.1. The van der Waals surface area contributed by atoms with E-state index in [0.717, 1.165) is 5.56 Å². The molecule has 3 saturated carbocycles. The highest BCUT2D eigenvalue weighted by molar-refractivity contribution is 5.85. The van der Waals surface area contributed by atoms with Crippen LogP contribution in [0.15, 0.2) is 78.9 Å². The first-order valence-corrected chi connectivity index (χ1v) is 15.1. The van der Waals surface area contributed by atoms with Crippen LogP contribution in [0.25, 0.3) is 11.1 Å². The van der Waals surface area contributed by atoms with Gasteiger partial charge in [0.05, 0.1) is 5.41 Å². The molecule has 4 aliphatic rings. The second kappa shape index (κ2) is 10.9. The number of hydrogen-bond acceptors (Lipinski definition) is 6. The Kier molecular flexibility index (Phi) is 7.31. The smallest absolute Gasteiger partial charge is 0.407 e. The minimum Gasteiger partial charge on any atom is -0.457 e. The molecule has 7 nitrogen and oxygen atoms in total. The molecule has 3 aromatic rings. The molecule has 7 heteroatoms. The van der Waals surface area contributed by atoms with Gasteiger partial charge in [0.1, 0.15) is 12.2 Å². The monoisotopic (exact) mass is 581 g/mol. The SMILES string of the molecule is C[C@H](NC(=O)OCC1c2ccccc2-c2ccccc21)C12CC(C(=O)O[C@@H](Cc3ccccc3)C(=O)OC(C)(C)C)(C1)C2. The molecule has 0 unspecified atom stereocenters. The van der Waals surface area contributed by atoms with Gasteiger partial charge in [0.15, 0.2) is 0 Å². The lowest BCUT2D eigenvalue weighted by Crippen LogP contribution is -2.72. The maximum Gasteiger partial charge on any atom is 0.407 e. The maximum atomic E-state index is 13.4. The highest BCUT2D eigenvalue weighted by atomic mass is 16.6. The van der Waals surface area contributed by atoms with E-state index in [-0.39, 0.29) is 36.4 Å². The third kappa shape index (κ3) is 5.53. The van der Waals surface area contributed by atoms with Crippen LogP contribution >= 0.6 is 0 Å². The topological polar surface area (TPSA) is 90.9 Å². The van der Waals surface area contributed by atoms with Crippen molar-refractivity contribution in [2.45, 2.75) is 77.0 Å². The number of esters is 2. The Morgan fingerprint density at radius 1 is 0.860 bits per heavy atom. The van der Waals surface area contributed by atoms with Crippen LogP contribution in [0, 0.1) is 10.8 Å². The van der Waals surface area contributed by atoms with Crippen LogP contribution in [-0.2, 0) is 30.2 Å².